The highest BCUT2D eigenvalue weighted by Crippen LogP contribution is 2.48. The standard InChI is InChI=1S/C30H29F2N7O/c1-18-5-6-19(15-33-18)16-34-30(40)28-17-39(38-37-28)11-3-2-4-22-13-25-27(36-35-22)14-24(20-7-8-20)29(25)23-10-9-21(31)12-26(23)32/h5-6,9-10,12-13,15,17,20H,2-4,7-8,11,14,16H2,1H3,(H,34,40). The molecule has 0 saturated heterocycles. The van der Waals surface area contributed by atoms with Crippen molar-refractivity contribution in [2.45, 2.75) is 58.5 Å². The maximum Gasteiger partial charge on any atom is 0.273 e. The lowest BCUT2D eigenvalue weighted by Crippen LogP contribution is -2.23. The Bertz CT molecular complexity index is 1590. The maximum absolute atomic E-state index is 14.8. The van der Waals surface area contributed by atoms with Crippen LogP contribution in [0.5, 0.6) is 0 Å². The second kappa shape index (κ2) is 11.0. The lowest BCUT2D eigenvalue weighted by atomic mass is 9.95. The van der Waals surface area contributed by atoms with E-state index in [1.807, 2.05) is 25.1 Å². The molecule has 1 N–H and O–H groups in total. The zero-order chi connectivity index (χ0) is 27.6. The first kappa shape index (κ1) is 25.9. The Morgan fingerprint density at radius 1 is 1.05 bits per heavy atom. The minimum Gasteiger partial charge on any atom is -0.346 e. The fourth-order valence-electron chi connectivity index (χ4n) is 5.13. The van der Waals surface area contributed by atoms with Gasteiger partial charge < -0.3 is 5.32 Å². The molecule has 0 aliphatic heterocycles. The molecule has 0 atom stereocenters. The molecule has 0 unspecified atom stereocenters. The predicted molar refractivity (Wildman–Crippen MR) is 144 cm³/mol. The molecule has 3 aromatic heterocycles. The summed E-state index contributed by atoms with van der Waals surface area (Å²) in [7, 11) is 0. The maximum atomic E-state index is 14.8. The van der Waals surface area contributed by atoms with Gasteiger partial charge in [0.2, 0.25) is 0 Å². The van der Waals surface area contributed by atoms with Crippen molar-refractivity contribution in [3.8, 4) is 0 Å². The van der Waals surface area contributed by atoms with Gasteiger partial charge in [-0.2, -0.15) is 10.2 Å². The number of rotatable bonds is 10. The number of halogens is 2. The minimum atomic E-state index is -0.582. The molecule has 4 aromatic rings. The molecule has 40 heavy (non-hydrogen) atoms. The molecule has 204 valence electrons. The van der Waals surface area contributed by atoms with E-state index >= 15 is 0 Å². The van der Waals surface area contributed by atoms with Gasteiger partial charge in [0.05, 0.1) is 17.6 Å². The molecule has 0 radical (unpaired) electrons. The summed E-state index contributed by atoms with van der Waals surface area (Å²) in [5.74, 6) is -0.979. The van der Waals surface area contributed by atoms with E-state index < -0.39 is 11.6 Å². The largest absolute Gasteiger partial charge is 0.346 e. The molecule has 1 saturated carbocycles. The lowest BCUT2D eigenvalue weighted by Gasteiger charge is -2.11. The van der Waals surface area contributed by atoms with E-state index in [2.05, 4.69) is 30.8 Å². The second-order valence-corrected chi connectivity index (χ2v) is 10.5. The number of nitrogens with zero attached hydrogens (tertiary/aromatic N) is 6. The number of hydrogen-bond acceptors (Lipinski definition) is 6. The highest BCUT2D eigenvalue weighted by Gasteiger charge is 2.35. The minimum absolute atomic E-state index is 0.267. The van der Waals surface area contributed by atoms with E-state index in [1.54, 1.807) is 17.1 Å². The Kier molecular flexibility index (Phi) is 7.15. The third-order valence-corrected chi connectivity index (χ3v) is 7.41. The van der Waals surface area contributed by atoms with Crippen molar-refractivity contribution in [2.75, 3.05) is 0 Å². The number of carbonyl (C=O) groups excluding carboxylic acids is 1. The molecule has 8 nitrogen and oxygen atoms in total. The number of benzene rings is 1. The number of pyridine rings is 1. The van der Waals surface area contributed by atoms with Crippen LogP contribution in [0.2, 0.25) is 0 Å². The Hall–Kier alpha value is -4.34. The average Bonchev–Trinajstić information content (AvgIpc) is 3.57. The third-order valence-electron chi connectivity index (χ3n) is 7.41. The first-order valence-corrected chi connectivity index (χ1v) is 13.6. The van der Waals surface area contributed by atoms with Crippen molar-refractivity contribution in [3.63, 3.8) is 0 Å². The van der Waals surface area contributed by atoms with Crippen LogP contribution in [0.4, 0.5) is 8.78 Å². The van der Waals surface area contributed by atoms with E-state index in [1.165, 1.54) is 17.7 Å². The highest BCUT2D eigenvalue weighted by atomic mass is 19.1. The number of aryl methyl sites for hydroxylation is 3. The van der Waals surface area contributed by atoms with Crippen LogP contribution in [0.1, 0.15) is 69.9 Å². The second-order valence-electron chi connectivity index (χ2n) is 10.5. The van der Waals surface area contributed by atoms with E-state index in [9.17, 15) is 13.6 Å². The molecule has 1 amide bonds. The fourth-order valence-corrected chi connectivity index (χ4v) is 5.13. The molecule has 2 aliphatic carbocycles. The van der Waals surface area contributed by atoms with Crippen molar-refractivity contribution in [2.24, 2.45) is 5.92 Å². The van der Waals surface area contributed by atoms with Gasteiger partial charge in [-0.15, -0.1) is 5.10 Å². The van der Waals surface area contributed by atoms with Gasteiger partial charge in [-0.1, -0.05) is 16.9 Å². The predicted octanol–water partition coefficient (Wildman–Crippen LogP) is 4.77. The smallest absolute Gasteiger partial charge is 0.273 e. The van der Waals surface area contributed by atoms with Crippen LogP contribution >= 0.6 is 0 Å². The summed E-state index contributed by atoms with van der Waals surface area (Å²) in [4.78, 5) is 16.7. The molecule has 3 heterocycles. The number of unbranched alkanes of at least 4 members (excludes halogenated alkanes) is 1. The summed E-state index contributed by atoms with van der Waals surface area (Å²) >= 11 is 0. The Labute approximate surface area is 230 Å². The van der Waals surface area contributed by atoms with E-state index in [0.717, 1.165) is 65.5 Å². The zero-order valence-corrected chi connectivity index (χ0v) is 22.2. The number of fused-ring (bicyclic) bond motifs is 1. The lowest BCUT2D eigenvalue weighted by molar-refractivity contribution is 0.0945. The van der Waals surface area contributed by atoms with Gasteiger partial charge in [-0.05, 0) is 80.3 Å². The van der Waals surface area contributed by atoms with Gasteiger partial charge in [0.1, 0.15) is 11.6 Å². The number of nitrogens with one attached hydrogen (secondary N) is 1. The van der Waals surface area contributed by atoms with Crippen molar-refractivity contribution < 1.29 is 13.6 Å². The van der Waals surface area contributed by atoms with Crippen LogP contribution in [-0.4, -0.2) is 36.1 Å². The molecular weight excluding hydrogens is 512 g/mol. The van der Waals surface area contributed by atoms with Gasteiger partial charge in [0.25, 0.3) is 5.91 Å². The fraction of sp³-hybridized carbons (Fsp3) is 0.333. The molecule has 0 bridgehead atoms. The van der Waals surface area contributed by atoms with Gasteiger partial charge in [-0.25, -0.2) is 8.78 Å². The molecule has 0 spiro atoms. The molecular formula is C30H29F2N7O. The van der Waals surface area contributed by atoms with Crippen LogP contribution in [0.3, 0.4) is 0 Å². The molecule has 1 aromatic carbocycles. The summed E-state index contributed by atoms with van der Waals surface area (Å²) in [6, 6.07) is 9.63. The van der Waals surface area contributed by atoms with Crippen LogP contribution in [0.25, 0.3) is 5.57 Å². The normalized spacial score (nSPS) is 14.5. The third kappa shape index (κ3) is 5.66. The SMILES string of the molecule is Cc1ccc(CNC(=O)c2cn(CCCCc3cc4c(nn3)CC(C3CC3)=C4c3ccc(F)cc3F)nn2)cn1. The number of amides is 1. The Morgan fingerprint density at radius 2 is 1.93 bits per heavy atom. The molecule has 2 aliphatic rings. The monoisotopic (exact) mass is 541 g/mol. The van der Waals surface area contributed by atoms with Crippen molar-refractivity contribution >= 4 is 11.5 Å². The van der Waals surface area contributed by atoms with Gasteiger partial charge in [0, 0.05) is 48.6 Å². The van der Waals surface area contributed by atoms with Crippen LogP contribution in [-0.2, 0) is 25.9 Å². The van der Waals surface area contributed by atoms with Crippen molar-refractivity contribution in [3.05, 3.63) is 105 Å². The topological polar surface area (TPSA) is 98.5 Å². The molecule has 10 heteroatoms. The average molecular weight is 542 g/mol. The summed E-state index contributed by atoms with van der Waals surface area (Å²) in [5, 5.41) is 19.8. The van der Waals surface area contributed by atoms with Gasteiger partial charge in [-0.3, -0.25) is 14.5 Å². The Balaban J connectivity index is 1.05. The molecule has 1 fully saturated rings. The van der Waals surface area contributed by atoms with Crippen molar-refractivity contribution in [1.82, 2.24) is 35.5 Å². The number of allylic oxidation sites excluding steroid dienone is 1. The summed E-state index contributed by atoms with van der Waals surface area (Å²) in [6.07, 6.45) is 8.56. The highest BCUT2D eigenvalue weighted by molar-refractivity contribution is 5.91. The van der Waals surface area contributed by atoms with E-state index in [4.69, 9.17) is 0 Å². The van der Waals surface area contributed by atoms with Crippen LogP contribution in [0, 0.1) is 24.5 Å². The summed E-state index contributed by atoms with van der Waals surface area (Å²) in [6.45, 7) is 2.89. The van der Waals surface area contributed by atoms with Gasteiger partial charge >= 0.3 is 0 Å². The first-order valence-electron chi connectivity index (χ1n) is 13.6. The van der Waals surface area contributed by atoms with Crippen LogP contribution in [0.15, 0.2) is 54.4 Å². The van der Waals surface area contributed by atoms with E-state index in [0.29, 0.717) is 37.4 Å². The quantitative estimate of drug-likeness (QED) is 0.291. The van der Waals surface area contributed by atoms with Gasteiger partial charge in [0.15, 0.2) is 5.69 Å². The number of carbonyl (C=O) groups is 1. The van der Waals surface area contributed by atoms with Crippen LogP contribution < -0.4 is 5.32 Å². The van der Waals surface area contributed by atoms with Crippen molar-refractivity contribution in [1.29, 1.82) is 0 Å². The Morgan fingerprint density at radius 3 is 2.70 bits per heavy atom. The molecule has 6 rings (SSSR count). The summed E-state index contributed by atoms with van der Waals surface area (Å²) < 4.78 is 30.1. The zero-order valence-electron chi connectivity index (χ0n) is 22.2. The number of hydrogen-bond donors (Lipinski definition) is 1. The number of aromatic nitrogens is 6. The van der Waals surface area contributed by atoms with E-state index in [-0.39, 0.29) is 11.6 Å². The summed E-state index contributed by atoms with van der Waals surface area (Å²) in [5.41, 5.74) is 7.18. The first-order chi connectivity index (χ1) is 19.4.